The largest absolute Gasteiger partial charge is 0.462 e. The van der Waals surface area contributed by atoms with Crippen LogP contribution in [0.5, 0.6) is 0 Å². The van der Waals surface area contributed by atoms with Gasteiger partial charge in [-0.05, 0) is 31.5 Å². The van der Waals surface area contributed by atoms with Crippen molar-refractivity contribution in [2.75, 3.05) is 6.61 Å². The predicted molar refractivity (Wildman–Crippen MR) is 88.5 cm³/mol. The molecule has 0 amide bonds. The lowest BCUT2D eigenvalue weighted by Crippen LogP contribution is -2.13. The summed E-state index contributed by atoms with van der Waals surface area (Å²) in [4.78, 5) is 31.1. The third-order valence-electron chi connectivity index (χ3n) is 3.56. The molecule has 0 aliphatic carbocycles. The molecule has 0 atom stereocenters. The van der Waals surface area contributed by atoms with Crippen LogP contribution in [0.2, 0.25) is 0 Å². The Morgan fingerprint density at radius 2 is 1.96 bits per heavy atom. The molecule has 5 nitrogen and oxygen atoms in total. The standard InChI is InChI=1S/C18H16N2O3/c1-3-23-18(22)13-9-14(12-7-5-4-6-8-12)16-15(10-13)20-17(21)11(2)19-16/h4-10H,3H2,1-2H3,(H,20,21). The van der Waals surface area contributed by atoms with Crippen LogP contribution in [0.3, 0.4) is 0 Å². The highest BCUT2D eigenvalue weighted by Gasteiger charge is 2.14. The first-order chi connectivity index (χ1) is 11.1. The Bertz CT molecular complexity index is 930. The van der Waals surface area contributed by atoms with Crippen LogP contribution >= 0.6 is 0 Å². The van der Waals surface area contributed by atoms with Gasteiger partial charge >= 0.3 is 5.97 Å². The van der Waals surface area contributed by atoms with Gasteiger partial charge in [-0.3, -0.25) is 4.79 Å². The smallest absolute Gasteiger partial charge is 0.338 e. The van der Waals surface area contributed by atoms with Crippen molar-refractivity contribution in [3.8, 4) is 11.1 Å². The average Bonchev–Trinajstić information content (AvgIpc) is 2.56. The Balaban J connectivity index is 2.32. The summed E-state index contributed by atoms with van der Waals surface area (Å²) in [6.07, 6.45) is 0. The highest BCUT2D eigenvalue weighted by atomic mass is 16.5. The summed E-state index contributed by atoms with van der Waals surface area (Å²) in [5.74, 6) is -0.423. The van der Waals surface area contributed by atoms with E-state index >= 15 is 0 Å². The number of fused-ring (bicyclic) bond motifs is 1. The lowest BCUT2D eigenvalue weighted by Gasteiger charge is -2.10. The Morgan fingerprint density at radius 3 is 2.65 bits per heavy atom. The van der Waals surface area contributed by atoms with E-state index < -0.39 is 5.97 Å². The number of nitrogens with one attached hydrogen (secondary N) is 1. The van der Waals surface area contributed by atoms with Crippen LogP contribution in [0.1, 0.15) is 23.0 Å². The van der Waals surface area contributed by atoms with Crippen molar-refractivity contribution in [2.45, 2.75) is 13.8 Å². The first kappa shape index (κ1) is 15.0. The Labute approximate surface area is 133 Å². The van der Waals surface area contributed by atoms with Crippen molar-refractivity contribution in [3.63, 3.8) is 0 Å². The number of esters is 1. The Kier molecular flexibility index (Phi) is 3.93. The number of carbonyl (C=O) groups excluding carboxylic acids is 1. The summed E-state index contributed by atoms with van der Waals surface area (Å²) >= 11 is 0. The molecule has 0 saturated carbocycles. The van der Waals surface area contributed by atoms with Gasteiger partial charge in [0.1, 0.15) is 5.69 Å². The summed E-state index contributed by atoms with van der Waals surface area (Å²) < 4.78 is 5.07. The van der Waals surface area contributed by atoms with Crippen molar-refractivity contribution in [1.82, 2.24) is 9.97 Å². The van der Waals surface area contributed by atoms with E-state index in [1.807, 2.05) is 30.3 Å². The summed E-state index contributed by atoms with van der Waals surface area (Å²) in [7, 11) is 0. The van der Waals surface area contributed by atoms with Gasteiger partial charge < -0.3 is 9.72 Å². The van der Waals surface area contributed by atoms with Gasteiger partial charge in [0.2, 0.25) is 0 Å². The van der Waals surface area contributed by atoms with Crippen LogP contribution in [-0.4, -0.2) is 22.5 Å². The first-order valence-corrected chi connectivity index (χ1v) is 7.37. The maximum absolute atomic E-state index is 12.1. The fraction of sp³-hybridized carbons (Fsp3) is 0.167. The number of nitrogens with zero attached hydrogens (tertiary/aromatic N) is 1. The third kappa shape index (κ3) is 2.85. The van der Waals surface area contributed by atoms with Crippen molar-refractivity contribution < 1.29 is 9.53 Å². The fourth-order valence-electron chi connectivity index (χ4n) is 2.45. The quantitative estimate of drug-likeness (QED) is 0.755. The number of aromatic nitrogens is 2. The topological polar surface area (TPSA) is 72.0 Å². The van der Waals surface area contributed by atoms with Crippen molar-refractivity contribution >= 4 is 17.0 Å². The zero-order chi connectivity index (χ0) is 16.4. The van der Waals surface area contributed by atoms with E-state index in [0.29, 0.717) is 28.9 Å². The number of carbonyl (C=O) groups is 1. The monoisotopic (exact) mass is 308 g/mol. The van der Waals surface area contributed by atoms with Gasteiger partial charge in [0.15, 0.2) is 0 Å². The molecule has 116 valence electrons. The number of hydrogen-bond acceptors (Lipinski definition) is 4. The summed E-state index contributed by atoms with van der Waals surface area (Å²) in [5.41, 5.74) is 3.38. The number of aryl methyl sites for hydroxylation is 1. The molecule has 0 aliphatic rings. The van der Waals surface area contributed by atoms with Crippen LogP contribution in [0.4, 0.5) is 0 Å². The molecule has 1 aromatic heterocycles. The number of benzene rings is 2. The molecule has 2 aromatic carbocycles. The lowest BCUT2D eigenvalue weighted by molar-refractivity contribution is 0.0526. The predicted octanol–water partition coefficient (Wildman–Crippen LogP) is 3.08. The number of H-pyrrole nitrogens is 1. The van der Waals surface area contributed by atoms with Crippen LogP contribution in [-0.2, 0) is 4.74 Å². The molecular formula is C18H16N2O3. The van der Waals surface area contributed by atoms with E-state index in [9.17, 15) is 9.59 Å². The molecule has 0 saturated heterocycles. The van der Waals surface area contributed by atoms with Gasteiger partial charge in [-0.2, -0.15) is 0 Å². The van der Waals surface area contributed by atoms with Crippen molar-refractivity contribution in [1.29, 1.82) is 0 Å². The second-order valence-corrected chi connectivity index (χ2v) is 5.16. The van der Waals surface area contributed by atoms with Gasteiger partial charge in [0.25, 0.3) is 5.56 Å². The molecular weight excluding hydrogens is 292 g/mol. The van der Waals surface area contributed by atoms with Gasteiger partial charge in [-0.1, -0.05) is 30.3 Å². The normalized spacial score (nSPS) is 10.7. The van der Waals surface area contributed by atoms with Crippen LogP contribution in [0.15, 0.2) is 47.3 Å². The number of rotatable bonds is 3. The molecule has 3 aromatic rings. The van der Waals surface area contributed by atoms with Gasteiger partial charge in [-0.15, -0.1) is 0 Å². The summed E-state index contributed by atoms with van der Waals surface area (Å²) in [5, 5.41) is 0. The molecule has 0 bridgehead atoms. The van der Waals surface area contributed by atoms with E-state index in [-0.39, 0.29) is 5.56 Å². The van der Waals surface area contributed by atoms with Crippen LogP contribution < -0.4 is 5.56 Å². The highest BCUT2D eigenvalue weighted by molar-refractivity contribution is 6.00. The van der Waals surface area contributed by atoms with Crippen molar-refractivity contribution in [3.05, 3.63) is 64.1 Å². The van der Waals surface area contributed by atoms with Gasteiger partial charge in [-0.25, -0.2) is 9.78 Å². The molecule has 3 rings (SSSR count). The number of ether oxygens (including phenoxy) is 1. The third-order valence-corrected chi connectivity index (χ3v) is 3.56. The average molecular weight is 308 g/mol. The van der Waals surface area contributed by atoms with E-state index in [1.165, 1.54) is 0 Å². The highest BCUT2D eigenvalue weighted by Crippen LogP contribution is 2.28. The summed E-state index contributed by atoms with van der Waals surface area (Å²) in [6, 6.07) is 13.0. The molecule has 5 heteroatoms. The van der Waals surface area contributed by atoms with E-state index in [1.54, 1.807) is 26.0 Å². The zero-order valence-corrected chi connectivity index (χ0v) is 12.9. The second-order valence-electron chi connectivity index (χ2n) is 5.16. The molecule has 1 N–H and O–H groups in total. The van der Waals surface area contributed by atoms with E-state index in [4.69, 9.17) is 4.74 Å². The van der Waals surface area contributed by atoms with E-state index in [0.717, 1.165) is 11.1 Å². The Morgan fingerprint density at radius 1 is 1.22 bits per heavy atom. The molecule has 0 fully saturated rings. The molecule has 0 spiro atoms. The second kappa shape index (κ2) is 6.04. The zero-order valence-electron chi connectivity index (χ0n) is 12.9. The maximum Gasteiger partial charge on any atom is 0.338 e. The van der Waals surface area contributed by atoms with Gasteiger partial charge in [0, 0.05) is 5.56 Å². The lowest BCUT2D eigenvalue weighted by atomic mass is 10.0. The minimum absolute atomic E-state index is 0.266. The first-order valence-electron chi connectivity index (χ1n) is 7.37. The SMILES string of the molecule is CCOC(=O)c1cc(-c2ccccc2)c2nc(C)c(=O)[nH]c2c1. The summed E-state index contributed by atoms with van der Waals surface area (Å²) in [6.45, 7) is 3.70. The van der Waals surface area contributed by atoms with Crippen LogP contribution in [0, 0.1) is 6.92 Å². The van der Waals surface area contributed by atoms with E-state index in [2.05, 4.69) is 9.97 Å². The maximum atomic E-state index is 12.1. The minimum atomic E-state index is -0.423. The Hall–Kier alpha value is -2.95. The fourth-order valence-corrected chi connectivity index (χ4v) is 2.45. The molecule has 0 unspecified atom stereocenters. The minimum Gasteiger partial charge on any atom is -0.462 e. The molecule has 1 heterocycles. The molecule has 0 radical (unpaired) electrons. The van der Waals surface area contributed by atoms with Crippen LogP contribution in [0.25, 0.3) is 22.2 Å². The molecule has 0 aliphatic heterocycles. The van der Waals surface area contributed by atoms with Gasteiger partial charge in [0.05, 0.1) is 23.2 Å². The van der Waals surface area contributed by atoms with Crippen molar-refractivity contribution in [2.24, 2.45) is 0 Å². The number of aromatic amines is 1. The number of hydrogen-bond donors (Lipinski definition) is 1. The molecule has 23 heavy (non-hydrogen) atoms.